The SMILES string of the molecule is CC1CCNC(C2CC2)CN1Cc1ccc(Cl)cc1Cl. The zero-order valence-corrected chi connectivity index (χ0v) is 13.4. The van der Waals surface area contributed by atoms with Crippen LogP contribution in [-0.4, -0.2) is 30.1 Å². The molecule has 2 fully saturated rings. The van der Waals surface area contributed by atoms with Crippen molar-refractivity contribution in [1.29, 1.82) is 0 Å². The lowest BCUT2D eigenvalue weighted by atomic mass is 10.1. The Hall–Kier alpha value is -0.280. The molecule has 3 rings (SSSR count). The van der Waals surface area contributed by atoms with Gasteiger partial charge >= 0.3 is 0 Å². The third-order valence-electron chi connectivity index (χ3n) is 4.60. The van der Waals surface area contributed by atoms with Gasteiger partial charge in [0.25, 0.3) is 0 Å². The van der Waals surface area contributed by atoms with Gasteiger partial charge in [-0.15, -0.1) is 0 Å². The van der Waals surface area contributed by atoms with Crippen LogP contribution in [0.3, 0.4) is 0 Å². The average molecular weight is 313 g/mol. The standard InChI is InChI=1S/C16H22Cl2N2/c1-11-6-7-19-16(12-2-3-12)10-20(11)9-13-4-5-14(17)8-15(13)18/h4-5,8,11-12,16,19H,2-3,6-7,9-10H2,1H3. The highest BCUT2D eigenvalue weighted by molar-refractivity contribution is 6.35. The Bertz CT molecular complexity index is 474. The van der Waals surface area contributed by atoms with Crippen molar-refractivity contribution in [2.45, 2.75) is 44.8 Å². The minimum Gasteiger partial charge on any atom is -0.312 e. The lowest BCUT2D eigenvalue weighted by molar-refractivity contribution is 0.191. The monoisotopic (exact) mass is 312 g/mol. The smallest absolute Gasteiger partial charge is 0.0465 e. The molecule has 2 nitrogen and oxygen atoms in total. The zero-order valence-electron chi connectivity index (χ0n) is 11.9. The minimum absolute atomic E-state index is 0.595. The molecule has 0 aromatic heterocycles. The fourth-order valence-electron chi connectivity index (χ4n) is 3.06. The van der Waals surface area contributed by atoms with Gasteiger partial charge in [-0.25, -0.2) is 0 Å². The van der Waals surface area contributed by atoms with Gasteiger partial charge in [-0.3, -0.25) is 4.90 Å². The lowest BCUT2D eigenvalue weighted by Gasteiger charge is -2.29. The first kappa shape index (κ1) is 14.6. The molecule has 1 saturated carbocycles. The molecule has 1 aromatic rings. The van der Waals surface area contributed by atoms with E-state index in [0.717, 1.165) is 30.6 Å². The maximum Gasteiger partial charge on any atom is 0.0465 e. The first-order valence-corrected chi connectivity index (χ1v) is 8.30. The van der Waals surface area contributed by atoms with Crippen LogP contribution >= 0.6 is 23.2 Å². The van der Waals surface area contributed by atoms with E-state index in [2.05, 4.69) is 23.2 Å². The third-order valence-corrected chi connectivity index (χ3v) is 5.19. The van der Waals surface area contributed by atoms with Gasteiger partial charge in [-0.1, -0.05) is 29.3 Å². The molecule has 0 radical (unpaired) electrons. The first-order valence-electron chi connectivity index (χ1n) is 7.55. The molecule has 1 aliphatic heterocycles. The summed E-state index contributed by atoms with van der Waals surface area (Å²) in [5.74, 6) is 0.892. The molecule has 110 valence electrons. The second-order valence-electron chi connectivity index (χ2n) is 6.20. The number of hydrogen-bond acceptors (Lipinski definition) is 2. The van der Waals surface area contributed by atoms with E-state index < -0.39 is 0 Å². The number of nitrogens with zero attached hydrogens (tertiary/aromatic N) is 1. The van der Waals surface area contributed by atoms with E-state index in [1.165, 1.54) is 24.8 Å². The van der Waals surface area contributed by atoms with Gasteiger partial charge in [-0.2, -0.15) is 0 Å². The Morgan fingerprint density at radius 1 is 1.25 bits per heavy atom. The van der Waals surface area contributed by atoms with Crippen molar-refractivity contribution in [3.05, 3.63) is 33.8 Å². The maximum absolute atomic E-state index is 6.32. The third kappa shape index (κ3) is 3.48. The van der Waals surface area contributed by atoms with E-state index >= 15 is 0 Å². The predicted molar refractivity (Wildman–Crippen MR) is 85.5 cm³/mol. The lowest BCUT2D eigenvalue weighted by Crippen LogP contribution is -2.40. The number of nitrogens with one attached hydrogen (secondary N) is 1. The molecule has 2 unspecified atom stereocenters. The summed E-state index contributed by atoms with van der Waals surface area (Å²) in [6.45, 7) is 5.50. The van der Waals surface area contributed by atoms with Crippen LogP contribution in [0.15, 0.2) is 18.2 Å². The van der Waals surface area contributed by atoms with E-state index in [0.29, 0.717) is 17.1 Å². The van der Waals surface area contributed by atoms with Crippen molar-refractivity contribution in [3.8, 4) is 0 Å². The first-order chi connectivity index (χ1) is 9.63. The summed E-state index contributed by atoms with van der Waals surface area (Å²) < 4.78 is 0. The molecule has 0 spiro atoms. The molecule has 1 aliphatic carbocycles. The van der Waals surface area contributed by atoms with Gasteiger partial charge in [0.15, 0.2) is 0 Å². The van der Waals surface area contributed by atoms with E-state index in [4.69, 9.17) is 23.2 Å². The summed E-state index contributed by atoms with van der Waals surface area (Å²) in [5.41, 5.74) is 1.18. The molecule has 1 heterocycles. The maximum atomic E-state index is 6.32. The van der Waals surface area contributed by atoms with Crippen molar-refractivity contribution in [3.63, 3.8) is 0 Å². The zero-order chi connectivity index (χ0) is 14.1. The van der Waals surface area contributed by atoms with Crippen LogP contribution in [-0.2, 0) is 6.54 Å². The van der Waals surface area contributed by atoms with Crippen LogP contribution in [0.2, 0.25) is 10.0 Å². The summed E-state index contributed by atoms with van der Waals surface area (Å²) in [6, 6.07) is 7.09. The fraction of sp³-hybridized carbons (Fsp3) is 0.625. The van der Waals surface area contributed by atoms with Gasteiger partial charge in [0, 0.05) is 35.2 Å². The molecule has 1 saturated heterocycles. The molecule has 1 aromatic carbocycles. The Balaban J connectivity index is 1.72. The van der Waals surface area contributed by atoms with Crippen molar-refractivity contribution in [2.75, 3.05) is 13.1 Å². The summed E-state index contributed by atoms with van der Waals surface area (Å²) in [6.07, 6.45) is 3.98. The van der Waals surface area contributed by atoms with Crippen LogP contribution in [0.25, 0.3) is 0 Å². The largest absolute Gasteiger partial charge is 0.312 e. The number of halogens is 2. The van der Waals surface area contributed by atoms with E-state index in [9.17, 15) is 0 Å². The molecule has 1 N–H and O–H groups in total. The van der Waals surface area contributed by atoms with Crippen LogP contribution < -0.4 is 5.32 Å². The number of hydrogen-bond donors (Lipinski definition) is 1. The van der Waals surface area contributed by atoms with Gasteiger partial charge in [0.05, 0.1) is 0 Å². The van der Waals surface area contributed by atoms with Crippen LogP contribution in [0.1, 0.15) is 31.7 Å². The molecule has 4 heteroatoms. The van der Waals surface area contributed by atoms with Crippen molar-refractivity contribution in [2.24, 2.45) is 5.92 Å². The van der Waals surface area contributed by atoms with Gasteiger partial charge < -0.3 is 5.32 Å². The predicted octanol–water partition coefficient (Wildman–Crippen LogP) is 3.96. The van der Waals surface area contributed by atoms with E-state index in [1.54, 1.807) is 0 Å². The quantitative estimate of drug-likeness (QED) is 0.909. The molecular weight excluding hydrogens is 291 g/mol. The van der Waals surface area contributed by atoms with Crippen LogP contribution in [0, 0.1) is 5.92 Å². The van der Waals surface area contributed by atoms with Crippen molar-refractivity contribution >= 4 is 23.2 Å². The number of rotatable bonds is 3. The molecule has 0 amide bonds. The highest BCUT2D eigenvalue weighted by atomic mass is 35.5. The Morgan fingerprint density at radius 2 is 2.05 bits per heavy atom. The van der Waals surface area contributed by atoms with Crippen molar-refractivity contribution in [1.82, 2.24) is 10.2 Å². The summed E-state index contributed by atoms with van der Waals surface area (Å²) in [5, 5.41) is 5.21. The Labute approximate surface area is 131 Å². The van der Waals surface area contributed by atoms with Gasteiger partial charge in [0.2, 0.25) is 0 Å². The normalized spacial score (nSPS) is 28.4. The second kappa shape index (κ2) is 6.23. The molecule has 0 bridgehead atoms. The second-order valence-corrected chi connectivity index (χ2v) is 7.04. The topological polar surface area (TPSA) is 15.3 Å². The minimum atomic E-state index is 0.595. The highest BCUT2D eigenvalue weighted by Gasteiger charge is 2.34. The fourth-order valence-corrected chi connectivity index (χ4v) is 3.53. The van der Waals surface area contributed by atoms with Gasteiger partial charge in [-0.05, 0) is 56.3 Å². The summed E-state index contributed by atoms with van der Waals surface area (Å²) >= 11 is 12.3. The van der Waals surface area contributed by atoms with E-state index in [-0.39, 0.29) is 0 Å². The summed E-state index contributed by atoms with van der Waals surface area (Å²) in [4.78, 5) is 2.57. The highest BCUT2D eigenvalue weighted by Crippen LogP contribution is 2.34. The van der Waals surface area contributed by atoms with E-state index in [1.807, 2.05) is 12.1 Å². The Kier molecular flexibility index (Phi) is 4.56. The van der Waals surface area contributed by atoms with Gasteiger partial charge in [0.1, 0.15) is 0 Å². The van der Waals surface area contributed by atoms with Crippen molar-refractivity contribution < 1.29 is 0 Å². The average Bonchev–Trinajstić information content (AvgIpc) is 3.22. The van der Waals surface area contributed by atoms with Crippen LogP contribution in [0.4, 0.5) is 0 Å². The Morgan fingerprint density at radius 3 is 2.75 bits per heavy atom. The molecule has 2 aliphatic rings. The van der Waals surface area contributed by atoms with Crippen LogP contribution in [0.5, 0.6) is 0 Å². The molecule has 2 atom stereocenters. The number of benzene rings is 1. The summed E-state index contributed by atoms with van der Waals surface area (Å²) in [7, 11) is 0. The molecule has 20 heavy (non-hydrogen) atoms. The molecular formula is C16H22Cl2N2.